The topological polar surface area (TPSA) is 84.2 Å². The van der Waals surface area contributed by atoms with Gasteiger partial charge in [-0.2, -0.15) is 0 Å². The maximum Gasteiger partial charge on any atom is 0.251 e. The summed E-state index contributed by atoms with van der Waals surface area (Å²) in [5, 5.41) is 6.71. The van der Waals surface area contributed by atoms with Gasteiger partial charge in [0.2, 0.25) is 5.91 Å². The number of benzene rings is 2. The van der Waals surface area contributed by atoms with Crippen LogP contribution < -0.4 is 16.4 Å². The van der Waals surface area contributed by atoms with E-state index in [4.69, 9.17) is 18.0 Å². The average Bonchev–Trinajstić information content (AvgIpc) is 3.17. The molecule has 0 fully saturated rings. The fourth-order valence-corrected chi connectivity index (χ4v) is 6.38. The number of carbonyl (C=O) groups is 2. The fraction of sp³-hybridized carbons (Fsp3) is 0.321. The van der Waals surface area contributed by atoms with E-state index in [0.717, 1.165) is 36.0 Å². The number of nitrogens with one attached hydrogen (secondary N) is 2. The van der Waals surface area contributed by atoms with Crippen LogP contribution in [0.5, 0.6) is 0 Å². The number of fused-ring (bicyclic) bond motifs is 1. The van der Waals surface area contributed by atoms with E-state index < -0.39 is 11.8 Å². The van der Waals surface area contributed by atoms with Crippen molar-refractivity contribution in [3.63, 3.8) is 0 Å². The van der Waals surface area contributed by atoms with Crippen molar-refractivity contribution in [2.24, 2.45) is 17.1 Å². The lowest BCUT2D eigenvalue weighted by Gasteiger charge is -2.33. The van der Waals surface area contributed by atoms with Crippen LogP contribution in [-0.2, 0) is 17.6 Å². The molecule has 7 heteroatoms. The Morgan fingerprint density at radius 3 is 2.11 bits per heavy atom. The second-order valence-electron chi connectivity index (χ2n) is 10.1. The number of carbonyl (C=O) groups excluding carboxylic acids is 2. The Morgan fingerprint density at radius 1 is 1.03 bits per heavy atom. The quantitative estimate of drug-likeness (QED) is 0.392. The van der Waals surface area contributed by atoms with Crippen molar-refractivity contribution in [1.29, 1.82) is 0 Å². The summed E-state index contributed by atoms with van der Waals surface area (Å²) < 4.78 is 0. The summed E-state index contributed by atoms with van der Waals surface area (Å²) in [5.74, 6) is -0.697. The molecule has 4 N–H and O–H groups in total. The van der Waals surface area contributed by atoms with Gasteiger partial charge in [-0.25, -0.2) is 0 Å². The monoisotopic (exact) mass is 505 g/mol. The number of hydrogen-bond donors (Lipinski definition) is 3. The molecule has 2 aromatic carbocycles. The summed E-state index contributed by atoms with van der Waals surface area (Å²) >= 11 is 7.03. The van der Waals surface area contributed by atoms with Crippen LogP contribution in [0.4, 0.5) is 5.00 Å². The molecular formula is C28H31N3O2S2. The van der Waals surface area contributed by atoms with Crippen LogP contribution in [-0.4, -0.2) is 16.9 Å². The molecule has 2 amide bonds. The minimum atomic E-state index is -0.517. The number of primary amides is 1. The summed E-state index contributed by atoms with van der Waals surface area (Å²) in [6.45, 7) is 6.76. The normalized spacial score (nSPS) is 15.4. The zero-order valence-corrected chi connectivity index (χ0v) is 21.9. The third-order valence-electron chi connectivity index (χ3n) is 6.73. The minimum Gasteiger partial charge on any atom is -0.365 e. The van der Waals surface area contributed by atoms with Gasteiger partial charge < -0.3 is 16.4 Å². The number of amides is 2. The maximum absolute atomic E-state index is 13.4. The molecule has 35 heavy (non-hydrogen) atoms. The molecule has 0 saturated heterocycles. The van der Waals surface area contributed by atoms with Gasteiger partial charge in [-0.1, -0.05) is 81.4 Å². The van der Waals surface area contributed by atoms with Crippen LogP contribution in [0, 0.1) is 11.3 Å². The fourth-order valence-electron chi connectivity index (χ4n) is 4.78. The Morgan fingerprint density at radius 2 is 1.60 bits per heavy atom. The Hall–Kier alpha value is -3.03. The molecule has 0 aliphatic heterocycles. The predicted octanol–water partition coefficient (Wildman–Crippen LogP) is 5.64. The molecule has 1 atom stereocenters. The number of hydrogen-bond acceptors (Lipinski definition) is 4. The molecule has 0 bridgehead atoms. The lowest BCUT2D eigenvalue weighted by atomic mass is 9.72. The number of thiophene rings is 1. The van der Waals surface area contributed by atoms with E-state index in [1.54, 1.807) is 0 Å². The number of rotatable bonds is 5. The van der Waals surface area contributed by atoms with Gasteiger partial charge in [0.15, 0.2) is 5.11 Å². The van der Waals surface area contributed by atoms with E-state index in [2.05, 4.69) is 31.4 Å². The smallest absolute Gasteiger partial charge is 0.251 e. The first kappa shape index (κ1) is 25.1. The molecule has 0 spiro atoms. The number of anilines is 1. The predicted molar refractivity (Wildman–Crippen MR) is 147 cm³/mol. The third kappa shape index (κ3) is 5.63. The molecule has 1 heterocycles. The van der Waals surface area contributed by atoms with Crippen LogP contribution in [0.1, 0.15) is 65.0 Å². The highest BCUT2D eigenvalue weighted by molar-refractivity contribution is 7.80. The van der Waals surface area contributed by atoms with Crippen LogP contribution in [0.15, 0.2) is 60.7 Å². The Labute approximate surface area is 216 Å². The van der Waals surface area contributed by atoms with Crippen LogP contribution in [0.2, 0.25) is 0 Å². The molecule has 1 aliphatic rings. The second kappa shape index (κ2) is 10.3. The average molecular weight is 506 g/mol. The van der Waals surface area contributed by atoms with E-state index in [9.17, 15) is 9.59 Å². The van der Waals surface area contributed by atoms with Gasteiger partial charge in [0.1, 0.15) is 5.00 Å². The summed E-state index contributed by atoms with van der Waals surface area (Å²) in [7, 11) is 0. The first-order valence-electron chi connectivity index (χ1n) is 11.8. The van der Waals surface area contributed by atoms with Gasteiger partial charge in [-0.3, -0.25) is 9.59 Å². The van der Waals surface area contributed by atoms with Crippen molar-refractivity contribution in [1.82, 2.24) is 5.32 Å². The third-order valence-corrected chi connectivity index (χ3v) is 8.10. The Kier molecular flexibility index (Phi) is 7.38. The Balaban J connectivity index is 1.55. The molecule has 0 radical (unpaired) electrons. The molecule has 5 nitrogen and oxygen atoms in total. The zero-order valence-electron chi connectivity index (χ0n) is 20.3. The van der Waals surface area contributed by atoms with E-state index in [0.29, 0.717) is 16.5 Å². The van der Waals surface area contributed by atoms with Crippen LogP contribution >= 0.6 is 23.6 Å². The highest BCUT2D eigenvalue weighted by atomic mass is 32.1. The van der Waals surface area contributed by atoms with Crippen molar-refractivity contribution in [3.8, 4) is 0 Å². The summed E-state index contributed by atoms with van der Waals surface area (Å²) in [4.78, 5) is 26.9. The van der Waals surface area contributed by atoms with Crippen LogP contribution in [0.3, 0.4) is 0 Å². The summed E-state index contributed by atoms with van der Waals surface area (Å²) in [6.07, 6.45) is 2.75. The van der Waals surface area contributed by atoms with E-state index in [-0.39, 0.29) is 16.4 Å². The SMILES string of the molecule is CC(C)(C)C1CCc2c(sc(NC(=S)NC(=O)C(c3ccccc3)c3ccccc3)c2C(N)=O)C1. The highest BCUT2D eigenvalue weighted by Crippen LogP contribution is 2.44. The van der Waals surface area contributed by atoms with Gasteiger partial charge in [0.05, 0.1) is 11.5 Å². The van der Waals surface area contributed by atoms with E-state index in [1.165, 1.54) is 16.2 Å². The number of nitrogens with two attached hydrogens (primary N) is 1. The van der Waals surface area contributed by atoms with Gasteiger partial charge in [-0.15, -0.1) is 11.3 Å². The number of thiocarbonyl (C=S) groups is 1. The molecule has 1 unspecified atom stereocenters. The lowest BCUT2D eigenvalue weighted by molar-refractivity contribution is -0.120. The van der Waals surface area contributed by atoms with Gasteiger partial charge in [0.25, 0.3) is 5.91 Å². The van der Waals surface area contributed by atoms with Crippen molar-refractivity contribution in [2.75, 3.05) is 5.32 Å². The zero-order chi connectivity index (χ0) is 25.2. The van der Waals surface area contributed by atoms with Crippen molar-refractivity contribution >= 4 is 45.5 Å². The van der Waals surface area contributed by atoms with E-state index >= 15 is 0 Å². The van der Waals surface area contributed by atoms with Gasteiger partial charge in [-0.05, 0) is 59.5 Å². The standard InChI is InChI=1S/C28H31N3O2S2/c1-28(2,3)19-14-15-20-21(16-19)35-26(23(20)24(29)32)31-27(34)30-25(33)22(17-10-6-4-7-11-17)18-12-8-5-9-13-18/h4-13,19,22H,14-16H2,1-3H3,(H2,29,32)(H2,30,31,33,34). The summed E-state index contributed by atoms with van der Waals surface area (Å²) in [6, 6.07) is 19.2. The first-order chi connectivity index (χ1) is 16.6. The molecule has 182 valence electrons. The lowest BCUT2D eigenvalue weighted by Crippen LogP contribution is -2.38. The first-order valence-corrected chi connectivity index (χ1v) is 13.0. The molecular weight excluding hydrogens is 474 g/mol. The summed E-state index contributed by atoms with van der Waals surface area (Å²) in [5.41, 5.74) is 9.23. The van der Waals surface area contributed by atoms with E-state index in [1.807, 2.05) is 60.7 Å². The minimum absolute atomic E-state index is 0.153. The molecule has 1 aromatic heterocycles. The largest absolute Gasteiger partial charge is 0.365 e. The van der Waals surface area contributed by atoms with Gasteiger partial charge >= 0.3 is 0 Å². The highest BCUT2D eigenvalue weighted by Gasteiger charge is 2.33. The molecule has 4 rings (SSSR count). The maximum atomic E-state index is 13.4. The Bertz CT molecular complexity index is 1190. The molecule has 0 saturated carbocycles. The van der Waals surface area contributed by atoms with Crippen molar-refractivity contribution < 1.29 is 9.59 Å². The van der Waals surface area contributed by atoms with Crippen molar-refractivity contribution in [3.05, 3.63) is 87.8 Å². The van der Waals surface area contributed by atoms with Crippen molar-refractivity contribution in [2.45, 2.75) is 46.0 Å². The molecule has 3 aromatic rings. The van der Waals surface area contributed by atoms with Crippen LogP contribution in [0.25, 0.3) is 0 Å². The second-order valence-corrected chi connectivity index (χ2v) is 11.6. The molecule has 1 aliphatic carbocycles. The van der Waals surface area contributed by atoms with Gasteiger partial charge in [0, 0.05) is 4.88 Å².